The topological polar surface area (TPSA) is 46.9 Å². The zero-order valence-electron chi connectivity index (χ0n) is 11.3. The van der Waals surface area contributed by atoms with Crippen molar-refractivity contribution in [1.82, 2.24) is 15.1 Å². The number of rotatable bonds is 6. The zero-order valence-corrected chi connectivity index (χ0v) is 12.2. The average Bonchev–Trinajstić information content (AvgIpc) is 3.02. The molecule has 0 fully saturated rings. The highest BCUT2D eigenvalue weighted by atomic mass is 32.1. The van der Waals surface area contributed by atoms with E-state index < -0.39 is 0 Å². The number of aryl methyl sites for hydroxylation is 3. The van der Waals surface area contributed by atoms with Crippen LogP contribution in [0.3, 0.4) is 0 Å². The summed E-state index contributed by atoms with van der Waals surface area (Å²) in [5.41, 5.74) is 2.05. The number of carbonyl (C=O) groups is 1. The smallest absolute Gasteiger partial charge is 0.220 e. The molecular formula is C14H19N3OS. The molecule has 0 bridgehead atoms. The van der Waals surface area contributed by atoms with Crippen LogP contribution >= 0.6 is 11.3 Å². The van der Waals surface area contributed by atoms with Gasteiger partial charge in [0.15, 0.2) is 0 Å². The van der Waals surface area contributed by atoms with Crippen molar-refractivity contribution in [3.63, 3.8) is 0 Å². The lowest BCUT2D eigenvalue weighted by Gasteiger charge is -2.06. The van der Waals surface area contributed by atoms with Gasteiger partial charge in [-0.3, -0.25) is 9.48 Å². The molecule has 102 valence electrons. The van der Waals surface area contributed by atoms with E-state index in [0.717, 1.165) is 24.4 Å². The van der Waals surface area contributed by atoms with Crippen molar-refractivity contribution in [2.24, 2.45) is 0 Å². The first-order chi connectivity index (χ1) is 9.19. The Morgan fingerprint density at radius 1 is 1.53 bits per heavy atom. The molecule has 2 heterocycles. The monoisotopic (exact) mass is 277 g/mol. The summed E-state index contributed by atoms with van der Waals surface area (Å²) in [6.07, 6.45) is 1.36. The molecule has 5 heteroatoms. The van der Waals surface area contributed by atoms with Crippen molar-refractivity contribution in [2.45, 2.75) is 39.8 Å². The minimum Gasteiger partial charge on any atom is -0.350 e. The molecule has 19 heavy (non-hydrogen) atoms. The van der Waals surface area contributed by atoms with Gasteiger partial charge in [0.2, 0.25) is 5.91 Å². The predicted molar refractivity (Wildman–Crippen MR) is 77.1 cm³/mol. The summed E-state index contributed by atoms with van der Waals surface area (Å²) < 4.78 is 1.93. The van der Waals surface area contributed by atoms with E-state index in [-0.39, 0.29) is 5.91 Å². The first-order valence-corrected chi connectivity index (χ1v) is 7.39. The van der Waals surface area contributed by atoms with Crippen molar-refractivity contribution >= 4 is 17.2 Å². The van der Waals surface area contributed by atoms with Gasteiger partial charge in [-0.05, 0) is 37.8 Å². The van der Waals surface area contributed by atoms with Crippen LogP contribution in [0.2, 0.25) is 0 Å². The summed E-state index contributed by atoms with van der Waals surface area (Å²) in [5.74, 6) is 0.0925. The van der Waals surface area contributed by atoms with E-state index in [1.54, 1.807) is 11.3 Å². The number of nitrogens with one attached hydrogen (secondary N) is 1. The summed E-state index contributed by atoms with van der Waals surface area (Å²) in [6, 6.07) is 6.09. The molecule has 0 radical (unpaired) electrons. The molecule has 4 nitrogen and oxygen atoms in total. The Bertz CT molecular complexity index is 531. The van der Waals surface area contributed by atoms with Gasteiger partial charge in [-0.25, -0.2) is 0 Å². The van der Waals surface area contributed by atoms with E-state index in [2.05, 4.69) is 23.4 Å². The normalized spacial score (nSPS) is 10.6. The molecule has 0 aromatic carbocycles. The van der Waals surface area contributed by atoms with Gasteiger partial charge in [0.1, 0.15) is 0 Å². The van der Waals surface area contributed by atoms with Gasteiger partial charge in [0.05, 0.1) is 17.9 Å². The Kier molecular flexibility index (Phi) is 4.74. The molecule has 0 saturated heterocycles. The molecular weight excluding hydrogens is 258 g/mol. The number of hydrogen-bond acceptors (Lipinski definition) is 3. The maximum absolute atomic E-state index is 11.8. The molecule has 0 aliphatic carbocycles. The van der Waals surface area contributed by atoms with Crippen LogP contribution in [-0.2, 0) is 24.3 Å². The lowest BCUT2D eigenvalue weighted by Crippen LogP contribution is -2.24. The van der Waals surface area contributed by atoms with Crippen molar-refractivity contribution in [3.05, 3.63) is 39.8 Å². The van der Waals surface area contributed by atoms with Crippen LogP contribution in [0.5, 0.6) is 0 Å². The highest BCUT2D eigenvalue weighted by Gasteiger charge is 2.07. The molecule has 0 spiro atoms. The molecule has 2 aromatic rings. The quantitative estimate of drug-likeness (QED) is 0.882. The fourth-order valence-electron chi connectivity index (χ4n) is 1.98. The zero-order chi connectivity index (χ0) is 13.7. The highest BCUT2D eigenvalue weighted by molar-refractivity contribution is 7.09. The van der Waals surface area contributed by atoms with Crippen LogP contribution in [0.15, 0.2) is 23.6 Å². The molecule has 0 aliphatic heterocycles. The van der Waals surface area contributed by atoms with E-state index in [1.807, 2.05) is 29.1 Å². The SMILES string of the molecule is CCn1nc(C)cc1CNC(=O)CCc1cccs1. The van der Waals surface area contributed by atoms with Crippen LogP contribution in [0.1, 0.15) is 29.6 Å². The molecule has 1 amide bonds. The average molecular weight is 277 g/mol. The lowest BCUT2D eigenvalue weighted by atomic mass is 10.2. The predicted octanol–water partition coefficient (Wildman–Crippen LogP) is 2.52. The summed E-state index contributed by atoms with van der Waals surface area (Å²) in [7, 11) is 0. The fraction of sp³-hybridized carbons (Fsp3) is 0.429. The van der Waals surface area contributed by atoms with Gasteiger partial charge < -0.3 is 5.32 Å². The number of amides is 1. The third-order valence-corrected chi connectivity index (χ3v) is 3.87. The minimum atomic E-state index is 0.0925. The Balaban J connectivity index is 1.79. The third-order valence-electron chi connectivity index (χ3n) is 2.93. The van der Waals surface area contributed by atoms with Crippen molar-refractivity contribution < 1.29 is 4.79 Å². The number of aromatic nitrogens is 2. The Labute approximate surface area is 117 Å². The van der Waals surface area contributed by atoms with Gasteiger partial charge in [0, 0.05) is 17.8 Å². The summed E-state index contributed by atoms with van der Waals surface area (Å²) in [4.78, 5) is 13.0. The molecule has 0 aliphatic rings. The van der Waals surface area contributed by atoms with E-state index in [9.17, 15) is 4.79 Å². The van der Waals surface area contributed by atoms with E-state index in [0.29, 0.717) is 13.0 Å². The Hall–Kier alpha value is -1.62. The van der Waals surface area contributed by atoms with Gasteiger partial charge in [-0.1, -0.05) is 6.07 Å². The van der Waals surface area contributed by atoms with Gasteiger partial charge in [-0.2, -0.15) is 5.10 Å². The Morgan fingerprint density at radius 3 is 3.05 bits per heavy atom. The number of carbonyl (C=O) groups excluding carboxylic acids is 1. The summed E-state index contributed by atoms with van der Waals surface area (Å²) in [6.45, 7) is 5.40. The number of nitrogens with zero attached hydrogens (tertiary/aromatic N) is 2. The second kappa shape index (κ2) is 6.52. The molecule has 0 atom stereocenters. The van der Waals surface area contributed by atoms with Crippen LogP contribution in [0.4, 0.5) is 0 Å². The van der Waals surface area contributed by atoms with Crippen LogP contribution < -0.4 is 5.32 Å². The lowest BCUT2D eigenvalue weighted by molar-refractivity contribution is -0.121. The highest BCUT2D eigenvalue weighted by Crippen LogP contribution is 2.10. The van der Waals surface area contributed by atoms with E-state index in [1.165, 1.54) is 4.88 Å². The number of thiophene rings is 1. The van der Waals surface area contributed by atoms with Gasteiger partial charge in [0.25, 0.3) is 0 Å². The fourth-order valence-corrected chi connectivity index (χ4v) is 2.69. The van der Waals surface area contributed by atoms with Gasteiger partial charge in [-0.15, -0.1) is 11.3 Å². The maximum atomic E-state index is 11.8. The van der Waals surface area contributed by atoms with Crippen LogP contribution in [0, 0.1) is 6.92 Å². The summed E-state index contributed by atoms with van der Waals surface area (Å²) in [5, 5.41) is 9.35. The number of hydrogen-bond donors (Lipinski definition) is 1. The Morgan fingerprint density at radius 2 is 2.37 bits per heavy atom. The van der Waals surface area contributed by atoms with E-state index in [4.69, 9.17) is 0 Å². The summed E-state index contributed by atoms with van der Waals surface area (Å²) >= 11 is 1.69. The molecule has 0 unspecified atom stereocenters. The van der Waals surface area contributed by atoms with Crippen LogP contribution in [-0.4, -0.2) is 15.7 Å². The van der Waals surface area contributed by atoms with Gasteiger partial charge >= 0.3 is 0 Å². The molecule has 0 saturated carbocycles. The first kappa shape index (κ1) is 13.8. The maximum Gasteiger partial charge on any atom is 0.220 e. The molecule has 1 N–H and O–H groups in total. The largest absolute Gasteiger partial charge is 0.350 e. The van der Waals surface area contributed by atoms with E-state index >= 15 is 0 Å². The minimum absolute atomic E-state index is 0.0925. The standard InChI is InChI=1S/C14H19N3OS/c1-3-17-12(9-11(2)16-17)10-15-14(18)7-6-13-5-4-8-19-13/h4-5,8-9H,3,6-7,10H2,1-2H3,(H,15,18). The third kappa shape index (κ3) is 3.92. The van der Waals surface area contributed by atoms with Crippen LogP contribution in [0.25, 0.3) is 0 Å². The second-order valence-corrected chi connectivity index (χ2v) is 5.48. The second-order valence-electron chi connectivity index (χ2n) is 4.45. The molecule has 2 rings (SSSR count). The van der Waals surface area contributed by atoms with Crippen molar-refractivity contribution in [3.8, 4) is 0 Å². The van der Waals surface area contributed by atoms with Crippen molar-refractivity contribution in [2.75, 3.05) is 0 Å². The van der Waals surface area contributed by atoms with Crippen molar-refractivity contribution in [1.29, 1.82) is 0 Å². The first-order valence-electron chi connectivity index (χ1n) is 6.51. The molecule has 2 aromatic heterocycles.